The predicted molar refractivity (Wildman–Crippen MR) is 151 cm³/mol. The summed E-state index contributed by atoms with van der Waals surface area (Å²) in [6.07, 6.45) is 5.02. The van der Waals surface area contributed by atoms with E-state index in [2.05, 4.69) is 44.5 Å². The molecule has 1 aliphatic heterocycles. The van der Waals surface area contributed by atoms with Gasteiger partial charge in [0.2, 0.25) is 5.91 Å². The molecule has 0 radical (unpaired) electrons. The summed E-state index contributed by atoms with van der Waals surface area (Å²) in [4.78, 5) is 41.2. The van der Waals surface area contributed by atoms with Crippen molar-refractivity contribution >= 4 is 34.4 Å². The minimum absolute atomic E-state index is 0.00668. The van der Waals surface area contributed by atoms with Crippen molar-refractivity contribution in [2.45, 2.75) is 25.2 Å². The highest BCUT2D eigenvalue weighted by Crippen LogP contribution is 2.36. The van der Waals surface area contributed by atoms with Crippen molar-refractivity contribution in [1.29, 1.82) is 0 Å². The van der Waals surface area contributed by atoms with Gasteiger partial charge >= 0.3 is 0 Å². The molecule has 0 atom stereocenters. The fraction of sp³-hybridized carbons (Fsp3) is 0.333. The molecule has 1 saturated heterocycles. The number of nitrogens with one attached hydrogen (secondary N) is 2. The standard InChI is InChI=1S/C30H34N6O3/c1-22(37)31-15-18-36(28-26-11-14-32-27(26)33-21-34-28)25-10-6-7-23(19-25)29(38)35-16-12-30(13-17-35,20-39-2)24-8-4-3-5-9-24/h3-11,14,19,21H,12-13,15-18,20H2,1-2H3,(H,31,37)(H,32,33,34). The Kier molecular flexibility index (Phi) is 7.88. The third-order valence-electron chi connectivity index (χ3n) is 7.52. The lowest BCUT2D eigenvalue weighted by atomic mass is 9.73. The number of ether oxygens (including phenoxy) is 1. The molecule has 0 bridgehead atoms. The molecule has 2 amide bonds. The number of fused-ring (bicyclic) bond motifs is 1. The number of benzene rings is 2. The topological polar surface area (TPSA) is 103 Å². The van der Waals surface area contributed by atoms with Crippen molar-refractivity contribution in [3.63, 3.8) is 0 Å². The van der Waals surface area contributed by atoms with Gasteiger partial charge in [0.25, 0.3) is 5.91 Å². The molecular formula is C30H34N6O3. The zero-order valence-electron chi connectivity index (χ0n) is 22.4. The third-order valence-corrected chi connectivity index (χ3v) is 7.52. The SMILES string of the molecule is COCC1(c2ccccc2)CCN(C(=O)c2cccc(N(CCNC(C)=O)c3ncnc4[nH]ccc34)c2)CC1. The summed E-state index contributed by atoms with van der Waals surface area (Å²) in [7, 11) is 1.74. The number of aromatic amines is 1. The van der Waals surface area contributed by atoms with Gasteiger partial charge in [-0.3, -0.25) is 9.59 Å². The van der Waals surface area contributed by atoms with Gasteiger partial charge in [0.15, 0.2) is 0 Å². The summed E-state index contributed by atoms with van der Waals surface area (Å²) in [5.74, 6) is 0.618. The summed E-state index contributed by atoms with van der Waals surface area (Å²) in [6.45, 7) is 4.35. The first kappa shape index (κ1) is 26.4. The number of likely N-dealkylation sites (tertiary alicyclic amines) is 1. The number of carbonyl (C=O) groups excluding carboxylic acids is 2. The van der Waals surface area contributed by atoms with Crippen molar-refractivity contribution in [3.05, 3.63) is 84.3 Å². The van der Waals surface area contributed by atoms with Gasteiger partial charge in [0.1, 0.15) is 17.8 Å². The van der Waals surface area contributed by atoms with Crippen LogP contribution >= 0.6 is 0 Å². The van der Waals surface area contributed by atoms with E-state index in [0.717, 1.165) is 29.6 Å². The van der Waals surface area contributed by atoms with Gasteiger partial charge in [-0.05, 0) is 42.7 Å². The Morgan fingerprint density at radius 1 is 1.08 bits per heavy atom. The number of hydrogen-bond acceptors (Lipinski definition) is 6. The number of aromatic nitrogens is 3. The van der Waals surface area contributed by atoms with Gasteiger partial charge < -0.3 is 24.8 Å². The maximum atomic E-state index is 13.7. The lowest BCUT2D eigenvalue weighted by Gasteiger charge is -2.42. The Bertz CT molecular complexity index is 1430. The van der Waals surface area contributed by atoms with E-state index in [9.17, 15) is 9.59 Å². The lowest BCUT2D eigenvalue weighted by Crippen LogP contribution is -2.47. The number of nitrogens with zero attached hydrogens (tertiary/aromatic N) is 4. The maximum Gasteiger partial charge on any atom is 0.253 e. The Balaban J connectivity index is 1.38. The molecule has 0 spiro atoms. The van der Waals surface area contributed by atoms with Crippen LogP contribution in [0.1, 0.15) is 35.7 Å². The van der Waals surface area contributed by atoms with Gasteiger partial charge in [-0.25, -0.2) is 9.97 Å². The van der Waals surface area contributed by atoms with Crippen LogP contribution in [-0.4, -0.2) is 71.6 Å². The smallest absolute Gasteiger partial charge is 0.253 e. The Morgan fingerprint density at radius 2 is 1.87 bits per heavy atom. The van der Waals surface area contributed by atoms with Gasteiger partial charge in [0, 0.05) is 63.1 Å². The van der Waals surface area contributed by atoms with Gasteiger partial charge in [-0.1, -0.05) is 36.4 Å². The van der Waals surface area contributed by atoms with Crippen LogP contribution in [0.2, 0.25) is 0 Å². The summed E-state index contributed by atoms with van der Waals surface area (Å²) in [6, 6.07) is 20.0. The molecule has 1 fully saturated rings. The Hall–Kier alpha value is -4.24. The highest BCUT2D eigenvalue weighted by Gasteiger charge is 2.37. The molecule has 0 aliphatic carbocycles. The van der Waals surface area contributed by atoms with E-state index in [0.29, 0.717) is 44.2 Å². The van der Waals surface area contributed by atoms with E-state index >= 15 is 0 Å². The van der Waals surface area contributed by atoms with Crippen molar-refractivity contribution in [3.8, 4) is 0 Å². The molecule has 1 aliphatic rings. The largest absolute Gasteiger partial charge is 0.384 e. The van der Waals surface area contributed by atoms with E-state index in [1.165, 1.54) is 18.8 Å². The second kappa shape index (κ2) is 11.7. The molecular weight excluding hydrogens is 492 g/mol. The number of amides is 2. The Morgan fingerprint density at radius 3 is 2.62 bits per heavy atom. The number of H-pyrrole nitrogens is 1. The van der Waals surface area contributed by atoms with Crippen LogP contribution in [-0.2, 0) is 14.9 Å². The molecule has 3 heterocycles. The van der Waals surface area contributed by atoms with Crippen molar-refractivity contribution < 1.29 is 14.3 Å². The summed E-state index contributed by atoms with van der Waals surface area (Å²) >= 11 is 0. The second-order valence-electron chi connectivity index (χ2n) is 9.99. The number of carbonyl (C=O) groups is 2. The number of anilines is 2. The monoisotopic (exact) mass is 526 g/mol. The van der Waals surface area contributed by atoms with E-state index in [-0.39, 0.29) is 17.2 Å². The highest BCUT2D eigenvalue weighted by atomic mass is 16.5. The van der Waals surface area contributed by atoms with Crippen molar-refractivity contribution in [2.24, 2.45) is 0 Å². The van der Waals surface area contributed by atoms with E-state index < -0.39 is 0 Å². The van der Waals surface area contributed by atoms with E-state index in [4.69, 9.17) is 4.74 Å². The fourth-order valence-corrected chi connectivity index (χ4v) is 5.49. The Labute approximate surface area is 228 Å². The van der Waals surface area contributed by atoms with Crippen LogP contribution in [0.25, 0.3) is 11.0 Å². The van der Waals surface area contributed by atoms with E-state index in [1.54, 1.807) is 7.11 Å². The van der Waals surface area contributed by atoms with Crippen LogP contribution < -0.4 is 10.2 Å². The first-order chi connectivity index (χ1) is 19.0. The van der Waals surface area contributed by atoms with Gasteiger partial charge in [0.05, 0.1) is 12.0 Å². The van der Waals surface area contributed by atoms with Crippen molar-refractivity contribution in [2.75, 3.05) is 44.8 Å². The molecule has 4 aromatic rings. The first-order valence-electron chi connectivity index (χ1n) is 13.2. The highest BCUT2D eigenvalue weighted by molar-refractivity contribution is 5.96. The average molecular weight is 527 g/mol. The molecule has 0 saturated carbocycles. The molecule has 2 aromatic heterocycles. The van der Waals surface area contributed by atoms with Gasteiger partial charge in [-0.15, -0.1) is 0 Å². The molecule has 9 nitrogen and oxygen atoms in total. The zero-order valence-corrected chi connectivity index (χ0v) is 22.4. The third kappa shape index (κ3) is 5.63. The molecule has 2 aromatic carbocycles. The number of rotatable bonds is 9. The molecule has 2 N–H and O–H groups in total. The lowest BCUT2D eigenvalue weighted by molar-refractivity contribution is -0.118. The van der Waals surface area contributed by atoms with Crippen molar-refractivity contribution in [1.82, 2.24) is 25.2 Å². The van der Waals surface area contributed by atoms with Crippen LogP contribution in [0.15, 0.2) is 73.2 Å². The van der Waals surface area contributed by atoms with Crippen LogP contribution in [0.3, 0.4) is 0 Å². The average Bonchev–Trinajstić information content (AvgIpc) is 3.45. The second-order valence-corrected chi connectivity index (χ2v) is 9.99. The maximum absolute atomic E-state index is 13.7. The van der Waals surface area contributed by atoms with E-state index in [1.807, 2.05) is 52.4 Å². The minimum atomic E-state index is -0.0986. The fourth-order valence-electron chi connectivity index (χ4n) is 5.49. The summed E-state index contributed by atoms with van der Waals surface area (Å²) in [5.41, 5.74) is 3.34. The number of hydrogen-bond donors (Lipinski definition) is 2. The zero-order chi connectivity index (χ0) is 27.2. The van der Waals surface area contributed by atoms with Crippen LogP contribution in [0, 0.1) is 0 Å². The normalized spacial score (nSPS) is 14.8. The molecule has 39 heavy (non-hydrogen) atoms. The van der Waals surface area contributed by atoms with Gasteiger partial charge in [-0.2, -0.15) is 0 Å². The van der Waals surface area contributed by atoms with Crippen LogP contribution in [0.4, 0.5) is 11.5 Å². The first-order valence-corrected chi connectivity index (χ1v) is 13.2. The van der Waals surface area contributed by atoms with Crippen LogP contribution in [0.5, 0.6) is 0 Å². The summed E-state index contributed by atoms with van der Waals surface area (Å²) < 4.78 is 5.63. The quantitative estimate of drug-likeness (QED) is 0.341. The summed E-state index contributed by atoms with van der Waals surface area (Å²) in [5, 5.41) is 3.73. The number of piperidine rings is 1. The molecule has 202 valence electrons. The number of methoxy groups -OCH3 is 1. The predicted octanol–water partition coefficient (Wildman–Crippen LogP) is 4.05. The molecule has 5 rings (SSSR count). The minimum Gasteiger partial charge on any atom is -0.384 e. The molecule has 9 heteroatoms. The molecule has 0 unspecified atom stereocenters.